The van der Waals surface area contributed by atoms with E-state index in [1.54, 1.807) is 4.90 Å². The average molecular weight is 345 g/mol. The van der Waals surface area contributed by atoms with Crippen LogP contribution in [0.4, 0.5) is 0 Å². The molecule has 3 fully saturated rings. The molecule has 1 saturated carbocycles. The van der Waals surface area contributed by atoms with Gasteiger partial charge in [-0.3, -0.25) is 9.59 Å². The summed E-state index contributed by atoms with van der Waals surface area (Å²) in [6.45, 7) is 1.10. The Labute approximate surface area is 136 Å². The third kappa shape index (κ3) is 3.68. The van der Waals surface area contributed by atoms with Crippen LogP contribution in [0.2, 0.25) is 0 Å². The second-order valence-corrected chi connectivity index (χ2v) is 8.88. The molecule has 0 unspecified atom stereocenters. The maximum Gasteiger partial charge on any atom is 0.309 e. The molecule has 4 atom stereocenters. The van der Waals surface area contributed by atoms with E-state index in [1.165, 1.54) is 7.11 Å². The first kappa shape index (κ1) is 16.7. The molecule has 2 heterocycles. The number of carbonyl (C=O) groups is 2. The minimum atomic E-state index is -3.07. The monoisotopic (exact) mass is 345 g/mol. The standard InChI is InChI=1S/C15H23NO6S/c1-21-15(18)13-7-12(13)14(17)16(8-11-3-2-5-22-11)10-4-6-23(19,20)9-10/h10-13H,2-9H2,1H3/t10-,11+,12-,13+/m0/s1. The lowest BCUT2D eigenvalue weighted by Gasteiger charge is -2.30. The van der Waals surface area contributed by atoms with Crippen molar-refractivity contribution in [2.24, 2.45) is 11.8 Å². The number of methoxy groups -OCH3 is 1. The average Bonchev–Trinajstić information content (AvgIpc) is 2.99. The van der Waals surface area contributed by atoms with E-state index in [0.717, 1.165) is 12.8 Å². The molecule has 7 nitrogen and oxygen atoms in total. The summed E-state index contributed by atoms with van der Waals surface area (Å²) in [5.41, 5.74) is 0. The summed E-state index contributed by atoms with van der Waals surface area (Å²) in [4.78, 5) is 26.0. The van der Waals surface area contributed by atoms with Crippen molar-refractivity contribution in [2.75, 3.05) is 31.8 Å². The van der Waals surface area contributed by atoms with Crippen LogP contribution in [0.5, 0.6) is 0 Å². The highest BCUT2D eigenvalue weighted by molar-refractivity contribution is 7.91. The number of ether oxygens (including phenoxy) is 2. The van der Waals surface area contributed by atoms with E-state index in [0.29, 0.717) is 26.0 Å². The van der Waals surface area contributed by atoms with Crippen molar-refractivity contribution in [2.45, 2.75) is 37.8 Å². The molecule has 3 aliphatic rings. The van der Waals surface area contributed by atoms with Gasteiger partial charge >= 0.3 is 5.97 Å². The van der Waals surface area contributed by atoms with Gasteiger partial charge in [-0.2, -0.15) is 0 Å². The number of carbonyl (C=O) groups excluding carboxylic acids is 2. The molecule has 0 aromatic carbocycles. The van der Waals surface area contributed by atoms with E-state index in [2.05, 4.69) is 0 Å². The molecule has 1 amide bonds. The molecular weight excluding hydrogens is 322 g/mol. The second kappa shape index (κ2) is 6.39. The zero-order valence-electron chi connectivity index (χ0n) is 13.3. The summed E-state index contributed by atoms with van der Waals surface area (Å²) in [5, 5.41) is 0. The fourth-order valence-electron chi connectivity index (χ4n) is 3.54. The van der Waals surface area contributed by atoms with Gasteiger partial charge < -0.3 is 14.4 Å². The molecular formula is C15H23NO6S. The van der Waals surface area contributed by atoms with Gasteiger partial charge in [0.15, 0.2) is 9.84 Å². The van der Waals surface area contributed by atoms with Gasteiger partial charge in [-0.05, 0) is 25.7 Å². The first-order valence-electron chi connectivity index (χ1n) is 8.11. The molecule has 0 radical (unpaired) electrons. The van der Waals surface area contributed by atoms with E-state index in [9.17, 15) is 18.0 Å². The minimum Gasteiger partial charge on any atom is -0.469 e. The van der Waals surface area contributed by atoms with E-state index >= 15 is 0 Å². The Hall–Kier alpha value is -1.15. The number of esters is 1. The summed E-state index contributed by atoms with van der Waals surface area (Å²) < 4.78 is 33.8. The summed E-state index contributed by atoms with van der Waals surface area (Å²) in [6.07, 6.45) is 2.78. The van der Waals surface area contributed by atoms with Gasteiger partial charge in [0.1, 0.15) is 0 Å². The van der Waals surface area contributed by atoms with Crippen LogP contribution >= 0.6 is 0 Å². The van der Waals surface area contributed by atoms with Crippen molar-refractivity contribution in [3.63, 3.8) is 0 Å². The highest BCUT2D eigenvalue weighted by Crippen LogP contribution is 2.41. The van der Waals surface area contributed by atoms with Gasteiger partial charge in [0.25, 0.3) is 0 Å². The molecule has 0 aromatic rings. The van der Waals surface area contributed by atoms with Crippen LogP contribution < -0.4 is 0 Å². The third-order valence-corrected chi connectivity index (χ3v) is 6.72. The zero-order chi connectivity index (χ0) is 16.6. The number of rotatable bonds is 5. The Kier molecular flexibility index (Phi) is 4.64. The van der Waals surface area contributed by atoms with Crippen LogP contribution in [0.1, 0.15) is 25.7 Å². The number of hydrogen-bond acceptors (Lipinski definition) is 6. The molecule has 0 bridgehead atoms. The van der Waals surface area contributed by atoms with Crippen LogP contribution in [-0.4, -0.2) is 69.1 Å². The van der Waals surface area contributed by atoms with Crippen molar-refractivity contribution in [1.29, 1.82) is 0 Å². The number of nitrogens with zero attached hydrogens (tertiary/aromatic N) is 1. The lowest BCUT2D eigenvalue weighted by atomic mass is 10.1. The first-order valence-corrected chi connectivity index (χ1v) is 9.94. The number of amides is 1. The summed E-state index contributed by atoms with van der Waals surface area (Å²) >= 11 is 0. The Balaban J connectivity index is 1.70. The fourth-order valence-corrected chi connectivity index (χ4v) is 5.27. The predicted octanol–water partition coefficient (Wildman–Crippen LogP) is -0.00980. The smallest absolute Gasteiger partial charge is 0.309 e. The Morgan fingerprint density at radius 3 is 2.61 bits per heavy atom. The SMILES string of the molecule is COC(=O)[C@@H]1C[C@@H]1C(=O)N(C[C@H]1CCCO1)[C@H]1CCS(=O)(=O)C1. The van der Waals surface area contributed by atoms with Crippen molar-refractivity contribution < 1.29 is 27.5 Å². The summed E-state index contributed by atoms with van der Waals surface area (Å²) in [5.74, 6) is -1.10. The lowest BCUT2D eigenvalue weighted by molar-refractivity contribution is -0.145. The summed E-state index contributed by atoms with van der Waals surface area (Å²) in [7, 11) is -1.76. The Morgan fingerprint density at radius 1 is 1.26 bits per heavy atom. The molecule has 1 aliphatic carbocycles. The van der Waals surface area contributed by atoms with E-state index < -0.39 is 9.84 Å². The third-order valence-electron chi connectivity index (χ3n) is 4.97. The quantitative estimate of drug-likeness (QED) is 0.651. The fraction of sp³-hybridized carbons (Fsp3) is 0.867. The highest BCUT2D eigenvalue weighted by atomic mass is 32.2. The molecule has 3 rings (SSSR count). The van der Waals surface area contributed by atoms with Crippen molar-refractivity contribution in [3.8, 4) is 0 Å². The van der Waals surface area contributed by atoms with Crippen LogP contribution in [-0.2, 0) is 28.9 Å². The normalized spacial score (nSPS) is 35.0. The molecule has 130 valence electrons. The topological polar surface area (TPSA) is 90.0 Å². The second-order valence-electron chi connectivity index (χ2n) is 6.65. The molecule has 0 aromatic heterocycles. The predicted molar refractivity (Wildman–Crippen MR) is 81.4 cm³/mol. The maximum atomic E-state index is 12.8. The lowest BCUT2D eigenvalue weighted by Crippen LogP contribution is -2.46. The van der Waals surface area contributed by atoms with Crippen LogP contribution in [0.3, 0.4) is 0 Å². The van der Waals surface area contributed by atoms with Gasteiger partial charge in [0.05, 0.1) is 36.6 Å². The Bertz CT molecular complexity index is 583. The molecule has 2 saturated heterocycles. The van der Waals surface area contributed by atoms with Gasteiger partial charge in [-0.1, -0.05) is 0 Å². The summed E-state index contributed by atoms with van der Waals surface area (Å²) in [6, 6.07) is -0.296. The minimum absolute atomic E-state index is 0.0150. The van der Waals surface area contributed by atoms with Crippen LogP contribution in [0, 0.1) is 11.8 Å². The number of hydrogen-bond donors (Lipinski definition) is 0. The van der Waals surface area contributed by atoms with E-state index in [-0.39, 0.29) is 47.4 Å². The van der Waals surface area contributed by atoms with Gasteiger partial charge in [0.2, 0.25) is 5.91 Å². The van der Waals surface area contributed by atoms with Crippen LogP contribution in [0.25, 0.3) is 0 Å². The molecule has 2 aliphatic heterocycles. The van der Waals surface area contributed by atoms with Crippen molar-refractivity contribution in [1.82, 2.24) is 4.90 Å². The Morgan fingerprint density at radius 2 is 2.04 bits per heavy atom. The maximum absolute atomic E-state index is 12.8. The molecule has 8 heteroatoms. The highest BCUT2D eigenvalue weighted by Gasteiger charge is 2.52. The molecule has 0 N–H and O–H groups in total. The van der Waals surface area contributed by atoms with Crippen LogP contribution in [0.15, 0.2) is 0 Å². The van der Waals surface area contributed by atoms with Crippen molar-refractivity contribution >= 4 is 21.7 Å². The van der Waals surface area contributed by atoms with Gasteiger partial charge in [-0.25, -0.2) is 8.42 Å². The van der Waals surface area contributed by atoms with Gasteiger partial charge in [-0.15, -0.1) is 0 Å². The largest absolute Gasteiger partial charge is 0.469 e. The van der Waals surface area contributed by atoms with Crippen molar-refractivity contribution in [3.05, 3.63) is 0 Å². The molecule has 23 heavy (non-hydrogen) atoms. The zero-order valence-corrected chi connectivity index (χ0v) is 14.1. The van der Waals surface area contributed by atoms with Gasteiger partial charge in [0, 0.05) is 19.2 Å². The molecule has 0 spiro atoms. The first-order chi connectivity index (χ1) is 10.9. The number of sulfone groups is 1. The van der Waals surface area contributed by atoms with E-state index in [4.69, 9.17) is 9.47 Å². The van der Waals surface area contributed by atoms with E-state index in [1.807, 2.05) is 0 Å².